The first kappa shape index (κ1) is 39.9. The van der Waals surface area contributed by atoms with E-state index in [9.17, 15) is 32.7 Å². The third-order valence-electron chi connectivity index (χ3n) is 8.85. The molecule has 0 fully saturated rings. The normalized spacial score (nSPS) is 19.5. The molecule has 3 aromatic rings. The van der Waals surface area contributed by atoms with E-state index in [-0.39, 0.29) is 43.0 Å². The van der Waals surface area contributed by atoms with Crippen LogP contribution in [0, 0.1) is 19.8 Å². The Balaban J connectivity index is 1.56. The Morgan fingerprint density at radius 2 is 1.75 bits per heavy atom. The molecule has 13 nitrogen and oxygen atoms in total. The predicted molar refractivity (Wildman–Crippen MR) is 189 cm³/mol. The van der Waals surface area contributed by atoms with E-state index in [1.165, 1.54) is 28.0 Å². The quantitative estimate of drug-likeness (QED) is 0.204. The summed E-state index contributed by atoms with van der Waals surface area (Å²) in [4.78, 5) is 43.3. The van der Waals surface area contributed by atoms with Crippen molar-refractivity contribution in [3.63, 3.8) is 0 Å². The van der Waals surface area contributed by atoms with Crippen molar-refractivity contribution in [2.75, 3.05) is 49.3 Å². The number of benzene rings is 2. The number of hydrogen-bond acceptors (Lipinski definition) is 8. The van der Waals surface area contributed by atoms with Gasteiger partial charge in [-0.15, -0.1) is 0 Å². The highest BCUT2D eigenvalue weighted by atomic mass is 19.4. The first-order chi connectivity index (χ1) is 24.6. The van der Waals surface area contributed by atoms with Crippen LogP contribution in [0.15, 0.2) is 47.0 Å². The highest BCUT2D eigenvalue weighted by molar-refractivity contribution is 6.03. The molecule has 4 rings (SSSR count). The van der Waals surface area contributed by atoms with Crippen LogP contribution < -0.4 is 20.7 Å². The summed E-state index contributed by atoms with van der Waals surface area (Å²) in [5.74, 6) is -0.0471. The lowest BCUT2D eigenvalue weighted by molar-refractivity contribution is -0.137. The number of halogens is 3. The van der Waals surface area contributed by atoms with Crippen molar-refractivity contribution in [3.05, 3.63) is 65.0 Å². The number of hydrogen-bond donors (Lipinski definition) is 4. The van der Waals surface area contributed by atoms with Crippen LogP contribution in [0.1, 0.15) is 67.4 Å². The van der Waals surface area contributed by atoms with E-state index >= 15 is 0 Å². The molecule has 0 spiro atoms. The molecule has 16 heteroatoms. The lowest BCUT2D eigenvalue weighted by Crippen LogP contribution is -2.48. The van der Waals surface area contributed by atoms with Crippen LogP contribution in [0.4, 0.5) is 39.8 Å². The Kier molecular flexibility index (Phi) is 13.5. The van der Waals surface area contributed by atoms with E-state index < -0.39 is 41.9 Å². The number of aliphatic hydroxyl groups is 1. The molecule has 2 heterocycles. The van der Waals surface area contributed by atoms with E-state index in [1.54, 1.807) is 40.0 Å². The fraction of sp³-hybridized carbons (Fsp3) is 0.500. The number of aryl methyl sites for hydroxylation is 2. The monoisotopic (exact) mass is 732 g/mol. The molecule has 2 aromatic carbocycles. The summed E-state index contributed by atoms with van der Waals surface area (Å²) in [6.07, 6.45) is -3.21. The molecule has 0 radical (unpaired) electrons. The summed E-state index contributed by atoms with van der Waals surface area (Å²) in [7, 11) is 1.55. The number of carbonyl (C=O) groups excluding carboxylic acids is 3. The van der Waals surface area contributed by atoms with Gasteiger partial charge >= 0.3 is 18.2 Å². The number of nitrogens with one attached hydrogen (secondary N) is 3. The van der Waals surface area contributed by atoms with Crippen molar-refractivity contribution in [3.8, 4) is 5.75 Å². The van der Waals surface area contributed by atoms with Crippen LogP contribution in [0.25, 0.3) is 0 Å². The standard InChI is InChI=1S/C36H47F3N6O7/c1-21-18-45(22(2)20-46)33(47)29-17-28(40-34(48)42-32-24(4)43-52-25(32)5)14-15-30(29)51-23(3)9-7-8-16-50-31(21)19-44(6)35(49)41-27-12-10-26(11-13-27)36(37,38)39/h10-15,17,21-23,31,46H,7-9,16,18-20H2,1-6H3,(H,41,49)(H2,40,42,48)/t21-,22+,23-,31-/m1/s1. The molecule has 1 aliphatic rings. The number of ether oxygens (including phenoxy) is 2. The van der Waals surface area contributed by atoms with E-state index in [1.807, 2.05) is 13.8 Å². The molecule has 1 aliphatic heterocycles. The minimum atomic E-state index is -4.50. The number of amides is 5. The number of urea groups is 2. The summed E-state index contributed by atoms with van der Waals surface area (Å²) in [6, 6.07) is 7.19. The molecule has 4 N–H and O–H groups in total. The van der Waals surface area contributed by atoms with Gasteiger partial charge in [-0.1, -0.05) is 12.1 Å². The Morgan fingerprint density at radius 1 is 1.06 bits per heavy atom. The van der Waals surface area contributed by atoms with E-state index in [0.29, 0.717) is 48.0 Å². The SMILES string of the molecule is Cc1noc(C)c1NC(=O)Nc1ccc2c(c1)C(=O)N([C@@H](C)CO)C[C@@H](C)[C@@H](CN(C)C(=O)Nc1ccc(C(F)(F)F)cc1)OCCCC[C@@H](C)O2. The van der Waals surface area contributed by atoms with Crippen molar-refractivity contribution in [2.24, 2.45) is 5.92 Å². The number of alkyl halides is 3. The van der Waals surface area contributed by atoms with Gasteiger partial charge in [0.2, 0.25) is 0 Å². The predicted octanol–water partition coefficient (Wildman–Crippen LogP) is 6.91. The molecule has 1 aromatic heterocycles. The summed E-state index contributed by atoms with van der Waals surface area (Å²) in [5, 5.41) is 22.1. The average molecular weight is 733 g/mol. The maximum atomic E-state index is 14.4. The number of carbonyl (C=O) groups is 3. The fourth-order valence-electron chi connectivity index (χ4n) is 5.71. The number of aromatic nitrogens is 1. The van der Waals surface area contributed by atoms with Gasteiger partial charge < -0.3 is 44.9 Å². The third kappa shape index (κ3) is 10.6. The Hall–Kier alpha value is -4.83. The maximum absolute atomic E-state index is 14.4. The van der Waals surface area contributed by atoms with Gasteiger partial charge in [-0.25, -0.2) is 9.59 Å². The van der Waals surface area contributed by atoms with E-state index in [4.69, 9.17) is 14.0 Å². The number of likely N-dealkylation sites (N-methyl/N-ethyl adjacent to an activating group) is 1. The Morgan fingerprint density at radius 3 is 2.38 bits per heavy atom. The molecule has 52 heavy (non-hydrogen) atoms. The summed E-state index contributed by atoms with van der Waals surface area (Å²) in [6.45, 7) is 9.10. The van der Waals surface area contributed by atoms with Crippen LogP contribution in [0.3, 0.4) is 0 Å². The molecule has 0 bridgehead atoms. The highest BCUT2D eigenvalue weighted by Gasteiger charge is 2.32. The topological polar surface area (TPSA) is 158 Å². The molecule has 284 valence electrons. The van der Waals surface area contributed by atoms with Gasteiger partial charge in [-0.3, -0.25) is 4.79 Å². The van der Waals surface area contributed by atoms with Gasteiger partial charge in [0.15, 0.2) is 5.76 Å². The number of aliphatic hydroxyl groups excluding tert-OH is 1. The molecule has 0 aliphatic carbocycles. The minimum Gasteiger partial charge on any atom is -0.490 e. The van der Waals surface area contributed by atoms with Crippen molar-refractivity contribution in [1.29, 1.82) is 0 Å². The summed E-state index contributed by atoms with van der Waals surface area (Å²) in [5.41, 5.74) is 0.804. The number of anilines is 3. The van der Waals surface area contributed by atoms with Crippen molar-refractivity contribution < 1.29 is 46.7 Å². The lowest BCUT2D eigenvalue weighted by Gasteiger charge is -2.35. The fourth-order valence-corrected chi connectivity index (χ4v) is 5.71. The number of rotatable bonds is 7. The van der Waals surface area contributed by atoms with Gasteiger partial charge in [0.25, 0.3) is 5.91 Å². The summed E-state index contributed by atoms with van der Waals surface area (Å²) < 4.78 is 56.6. The maximum Gasteiger partial charge on any atom is 0.416 e. The Labute approximate surface area is 300 Å². The number of nitrogens with zero attached hydrogens (tertiary/aromatic N) is 3. The minimum absolute atomic E-state index is 0.105. The molecular formula is C36H47F3N6O7. The summed E-state index contributed by atoms with van der Waals surface area (Å²) >= 11 is 0. The zero-order valence-corrected chi connectivity index (χ0v) is 30.2. The van der Waals surface area contributed by atoms with Crippen LogP contribution in [-0.4, -0.2) is 89.6 Å². The molecule has 0 saturated carbocycles. The number of fused-ring (bicyclic) bond motifs is 1. The van der Waals surface area contributed by atoms with Crippen LogP contribution in [-0.2, 0) is 10.9 Å². The van der Waals surface area contributed by atoms with Gasteiger partial charge in [-0.2, -0.15) is 13.2 Å². The second-order valence-corrected chi connectivity index (χ2v) is 13.2. The first-order valence-corrected chi connectivity index (χ1v) is 17.1. The van der Waals surface area contributed by atoms with Crippen molar-refractivity contribution in [2.45, 2.75) is 78.3 Å². The molecule has 0 saturated heterocycles. The largest absolute Gasteiger partial charge is 0.490 e. The zero-order valence-electron chi connectivity index (χ0n) is 30.2. The first-order valence-electron chi connectivity index (χ1n) is 17.1. The van der Waals surface area contributed by atoms with Crippen LogP contribution >= 0.6 is 0 Å². The molecule has 4 atom stereocenters. The molecule has 5 amide bonds. The van der Waals surface area contributed by atoms with Crippen molar-refractivity contribution in [1.82, 2.24) is 15.0 Å². The van der Waals surface area contributed by atoms with Crippen LogP contribution in [0.5, 0.6) is 5.75 Å². The average Bonchev–Trinajstić information content (AvgIpc) is 3.41. The Bertz CT molecular complexity index is 1660. The van der Waals surface area contributed by atoms with Crippen molar-refractivity contribution >= 4 is 35.0 Å². The van der Waals surface area contributed by atoms with Crippen LogP contribution in [0.2, 0.25) is 0 Å². The smallest absolute Gasteiger partial charge is 0.416 e. The molecular weight excluding hydrogens is 685 g/mol. The van der Waals surface area contributed by atoms with Gasteiger partial charge in [0.1, 0.15) is 17.1 Å². The zero-order chi connectivity index (χ0) is 38.2. The second kappa shape index (κ2) is 17.6. The van der Waals surface area contributed by atoms with Gasteiger partial charge in [0, 0.05) is 44.0 Å². The third-order valence-corrected chi connectivity index (χ3v) is 8.85. The van der Waals surface area contributed by atoms with E-state index in [2.05, 4.69) is 21.1 Å². The highest BCUT2D eigenvalue weighted by Crippen LogP contribution is 2.31. The second-order valence-electron chi connectivity index (χ2n) is 13.2. The molecule has 0 unspecified atom stereocenters. The van der Waals surface area contributed by atoms with E-state index in [0.717, 1.165) is 18.6 Å². The lowest BCUT2D eigenvalue weighted by atomic mass is 10.0. The van der Waals surface area contributed by atoms with Gasteiger partial charge in [0.05, 0.1) is 36.0 Å². The van der Waals surface area contributed by atoms with Gasteiger partial charge in [-0.05, 0) is 89.4 Å².